The molecule has 0 saturated carbocycles. The third-order valence-corrected chi connectivity index (χ3v) is 2.68. The highest BCUT2D eigenvalue weighted by molar-refractivity contribution is 7.99. The van der Waals surface area contributed by atoms with Crippen molar-refractivity contribution in [2.45, 2.75) is 17.1 Å². The second-order valence-corrected chi connectivity index (χ2v) is 4.49. The lowest BCUT2D eigenvalue weighted by Gasteiger charge is -2.07. The van der Waals surface area contributed by atoms with Gasteiger partial charge in [0.1, 0.15) is 0 Å². The highest BCUT2D eigenvalue weighted by Crippen LogP contribution is 2.26. The first kappa shape index (κ1) is 15.2. The molecule has 0 atom stereocenters. The molecule has 1 rings (SSSR count). The molecule has 0 aliphatic heterocycles. The molecule has 0 saturated heterocycles. The molecule has 0 aromatic heterocycles. The minimum Gasteiger partial charge on any atom is -0.481 e. The molecule has 0 radical (unpaired) electrons. The van der Waals surface area contributed by atoms with Crippen molar-refractivity contribution >= 4 is 29.4 Å². The Hall–Kier alpha value is -1.83. The molecule has 0 fully saturated rings. The number of amides is 2. The lowest BCUT2D eigenvalue weighted by atomic mass is 10.3. The third-order valence-electron chi connectivity index (χ3n) is 1.96. The molecule has 0 heterocycles. The lowest BCUT2D eigenvalue weighted by Crippen LogP contribution is -2.30. The first-order valence-electron chi connectivity index (χ1n) is 5.29. The van der Waals surface area contributed by atoms with Gasteiger partial charge in [-0.1, -0.05) is 11.8 Å². The predicted molar refractivity (Wildman–Crippen MR) is 67.6 cm³/mol. The highest BCUT2D eigenvalue weighted by Gasteiger charge is 2.06. The number of carbonyl (C=O) groups is 2. The van der Waals surface area contributed by atoms with Crippen molar-refractivity contribution in [2.75, 3.05) is 11.9 Å². The van der Waals surface area contributed by atoms with E-state index in [1.807, 2.05) is 0 Å². The van der Waals surface area contributed by atoms with E-state index in [0.29, 0.717) is 22.3 Å². The average Bonchev–Trinajstić information content (AvgIpc) is 2.30. The molecule has 8 heteroatoms. The van der Waals surface area contributed by atoms with Gasteiger partial charge in [0, 0.05) is 17.1 Å². The fourth-order valence-corrected chi connectivity index (χ4v) is 1.68. The maximum atomic E-state index is 12.1. The van der Waals surface area contributed by atoms with Crippen LogP contribution in [0.3, 0.4) is 0 Å². The zero-order valence-electron chi connectivity index (χ0n) is 9.73. The van der Waals surface area contributed by atoms with Gasteiger partial charge in [0.25, 0.3) is 5.76 Å². The Kier molecular flexibility index (Phi) is 6.07. The first-order chi connectivity index (χ1) is 8.97. The van der Waals surface area contributed by atoms with Gasteiger partial charge >= 0.3 is 12.0 Å². The van der Waals surface area contributed by atoms with E-state index >= 15 is 0 Å². The van der Waals surface area contributed by atoms with E-state index in [1.165, 1.54) is 24.3 Å². The highest BCUT2D eigenvalue weighted by atomic mass is 32.2. The van der Waals surface area contributed by atoms with Crippen LogP contribution in [-0.2, 0) is 4.79 Å². The Labute approximate surface area is 112 Å². The maximum absolute atomic E-state index is 12.1. The van der Waals surface area contributed by atoms with Gasteiger partial charge < -0.3 is 15.7 Å². The van der Waals surface area contributed by atoms with Crippen LogP contribution in [0, 0.1) is 0 Å². The minimum absolute atomic E-state index is 0.0144. The number of anilines is 1. The second-order valence-electron chi connectivity index (χ2n) is 3.43. The number of urea groups is 1. The summed E-state index contributed by atoms with van der Waals surface area (Å²) in [7, 11) is 0. The lowest BCUT2D eigenvalue weighted by molar-refractivity contribution is -0.136. The molecule has 0 spiro atoms. The molecule has 1 aromatic carbocycles. The molecule has 0 aliphatic carbocycles. The van der Waals surface area contributed by atoms with E-state index in [1.54, 1.807) is 0 Å². The smallest absolute Gasteiger partial charge is 0.319 e. The zero-order chi connectivity index (χ0) is 14.3. The van der Waals surface area contributed by atoms with E-state index in [4.69, 9.17) is 5.11 Å². The van der Waals surface area contributed by atoms with Crippen LogP contribution in [0.5, 0.6) is 0 Å². The summed E-state index contributed by atoms with van der Waals surface area (Å²) in [5.74, 6) is -3.49. The molecule has 19 heavy (non-hydrogen) atoms. The van der Waals surface area contributed by atoms with E-state index in [9.17, 15) is 18.4 Å². The van der Waals surface area contributed by atoms with Gasteiger partial charge in [-0.15, -0.1) is 0 Å². The minimum atomic E-state index is -2.49. The number of carbonyl (C=O) groups excluding carboxylic acids is 1. The maximum Gasteiger partial charge on any atom is 0.319 e. The average molecular weight is 290 g/mol. The Balaban J connectivity index is 2.40. The van der Waals surface area contributed by atoms with Crippen molar-refractivity contribution in [3.63, 3.8) is 0 Å². The molecule has 5 nitrogen and oxygen atoms in total. The Bertz CT molecular complexity index is 440. The van der Waals surface area contributed by atoms with Crippen molar-refractivity contribution in [1.29, 1.82) is 0 Å². The second kappa shape index (κ2) is 7.57. The summed E-state index contributed by atoms with van der Waals surface area (Å²) < 4.78 is 24.1. The molecule has 1 aromatic rings. The molecule has 0 bridgehead atoms. The number of aliphatic carboxylic acids is 1. The van der Waals surface area contributed by atoms with Crippen LogP contribution >= 0.6 is 11.8 Å². The monoisotopic (exact) mass is 290 g/mol. The fourth-order valence-electron chi connectivity index (χ4n) is 1.18. The van der Waals surface area contributed by atoms with Gasteiger partial charge in [0.15, 0.2) is 0 Å². The quantitative estimate of drug-likeness (QED) is 0.704. The number of carboxylic acid groups (broad SMARTS) is 1. The molecular weight excluding hydrogens is 278 g/mol. The van der Waals surface area contributed by atoms with Crippen LogP contribution in [0.1, 0.15) is 6.42 Å². The number of hydrogen-bond acceptors (Lipinski definition) is 3. The van der Waals surface area contributed by atoms with E-state index in [-0.39, 0.29) is 13.0 Å². The first-order valence-corrected chi connectivity index (χ1v) is 6.17. The van der Waals surface area contributed by atoms with Gasteiger partial charge in [-0.3, -0.25) is 4.79 Å². The summed E-state index contributed by atoms with van der Waals surface area (Å²) >= 11 is 0.416. The Morgan fingerprint density at radius 1 is 1.26 bits per heavy atom. The summed E-state index contributed by atoms with van der Waals surface area (Å²) in [5.41, 5.74) is 0.437. The molecule has 0 aliphatic rings. The zero-order valence-corrected chi connectivity index (χ0v) is 10.5. The number of nitrogens with one attached hydrogen (secondary N) is 2. The molecule has 0 unspecified atom stereocenters. The fraction of sp³-hybridized carbons (Fsp3) is 0.273. The van der Waals surface area contributed by atoms with Gasteiger partial charge in [0.2, 0.25) is 0 Å². The number of halogens is 2. The Morgan fingerprint density at radius 2 is 1.89 bits per heavy atom. The van der Waals surface area contributed by atoms with Crippen molar-refractivity contribution < 1.29 is 23.5 Å². The molecule has 104 valence electrons. The molecule has 2 amide bonds. The number of hydrogen-bond donors (Lipinski definition) is 3. The van der Waals surface area contributed by atoms with Crippen molar-refractivity contribution in [1.82, 2.24) is 5.32 Å². The van der Waals surface area contributed by atoms with Crippen LogP contribution in [-0.4, -0.2) is 29.4 Å². The number of alkyl halides is 2. The summed E-state index contributed by atoms with van der Waals surface area (Å²) in [6, 6.07) is 5.35. The number of thioether (sulfide) groups is 1. The summed E-state index contributed by atoms with van der Waals surface area (Å²) in [4.78, 5) is 21.9. The van der Waals surface area contributed by atoms with Crippen molar-refractivity contribution in [3.8, 4) is 0 Å². The topological polar surface area (TPSA) is 78.4 Å². The Morgan fingerprint density at radius 3 is 2.42 bits per heavy atom. The third kappa shape index (κ3) is 6.61. The van der Waals surface area contributed by atoms with Gasteiger partial charge in [-0.2, -0.15) is 8.78 Å². The van der Waals surface area contributed by atoms with Crippen LogP contribution in [0.2, 0.25) is 0 Å². The van der Waals surface area contributed by atoms with Crippen LogP contribution in [0.4, 0.5) is 19.3 Å². The summed E-state index contributed by atoms with van der Waals surface area (Å²) in [6.45, 7) is 0.0144. The van der Waals surface area contributed by atoms with Crippen LogP contribution < -0.4 is 10.6 Å². The SMILES string of the molecule is O=C(O)CCNC(=O)Nc1ccc(SC(F)F)cc1. The largest absolute Gasteiger partial charge is 0.481 e. The van der Waals surface area contributed by atoms with Crippen molar-refractivity contribution in [2.24, 2.45) is 0 Å². The van der Waals surface area contributed by atoms with Crippen LogP contribution in [0.15, 0.2) is 29.2 Å². The van der Waals surface area contributed by atoms with Crippen molar-refractivity contribution in [3.05, 3.63) is 24.3 Å². The number of benzene rings is 1. The van der Waals surface area contributed by atoms with Crippen LogP contribution in [0.25, 0.3) is 0 Å². The normalized spacial score (nSPS) is 10.3. The van der Waals surface area contributed by atoms with Gasteiger partial charge in [-0.05, 0) is 24.3 Å². The molecule has 3 N–H and O–H groups in total. The summed E-state index contributed by atoms with van der Waals surface area (Å²) in [5, 5.41) is 13.2. The van der Waals surface area contributed by atoms with E-state index in [2.05, 4.69) is 10.6 Å². The van der Waals surface area contributed by atoms with E-state index < -0.39 is 17.8 Å². The number of rotatable bonds is 6. The summed E-state index contributed by atoms with van der Waals surface area (Å²) in [6.07, 6.45) is -0.169. The van der Waals surface area contributed by atoms with E-state index in [0.717, 1.165) is 0 Å². The predicted octanol–water partition coefficient (Wildman–Crippen LogP) is 2.60. The molecular formula is C11H12F2N2O3S. The number of carboxylic acids is 1. The standard InChI is InChI=1S/C11H12F2N2O3S/c12-10(13)19-8-3-1-7(2-4-8)15-11(18)14-6-5-9(16)17/h1-4,10H,5-6H2,(H,16,17)(H2,14,15,18). The van der Waals surface area contributed by atoms with Gasteiger partial charge in [0.05, 0.1) is 6.42 Å². The van der Waals surface area contributed by atoms with Gasteiger partial charge in [-0.25, -0.2) is 4.79 Å².